The van der Waals surface area contributed by atoms with Crippen molar-refractivity contribution in [3.05, 3.63) is 35.4 Å². The zero-order chi connectivity index (χ0) is 14.0. The lowest BCUT2D eigenvalue weighted by Crippen LogP contribution is -2.56. The summed E-state index contributed by atoms with van der Waals surface area (Å²) in [6.45, 7) is 5.89. The molecule has 1 N–H and O–H groups in total. The molecule has 0 radical (unpaired) electrons. The molecule has 0 aliphatic carbocycles. The highest BCUT2D eigenvalue weighted by Crippen LogP contribution is 2.43. The van der Waals surface area contributed by atoms with Gasteiger partial charge < -0.3 is 10.1 Å². The molecule has 1 heterocycles. The van der Waals surface area contributed by atoms with Crippen molar-refractivity contribution in [2.24, 2.45) is 11.8 Å². The fourth-order valence-electron chi connectivity index (χ4n) is 3.06. The lowest BCUT2D eigenvalue weighted by molar-refractivity contribution is -0.101. The topological polar surface area (TPSA) is 21.3 Å². The van der Waals surface area contributed by atoms with Crippen molar-refractivity contribution in [1.29, 1.82) is 0 Å². The Morgan fingerprint density at radius 3 is 2.47 bits per heavy atom. The molecule has 4 heteroatoms. The van der Waals surface area contributed by atoms with Crippen molar-refractivity contribution in [2.45, 2.75) is 19.3 Å². The number of ether oxygens (including phenoxy) is 1. The van der Waals surface area contributed by atoms with Crippen LogP contribution in [0, 0.1) is 23.5 Å². The van der Waals surface area contributed by atoms with E-state index in [9.17, 15) is 8.78 Å². The van der Waals surface area contributed by atoms with E-state index in [0.29, 0.717) is 24.7 Å². The summed E-state index contributed by atoms with van der Waals surface area (Å²) in [7, 11) is 1.88. The number of halogens is 2. The molecule has 106 valence electrons. The van der Waals surface area contributed by atoms with Crippen LogP contribution in [0.2, 0.25) is 0 Å². The number of hydrogen-bond donors (Lipinski definition) is 1. The Labute approximate surface area is 113 Å². The van der Waals surface area contributed by atoms with Crippen LogP contribution in [0.1, 0.15) is 19.4 Å². The molecule has 1 unspecified atom stereocenters. The first kappa shape index (κ1) is 14.4. The summed E-state index contributed by atoms with van der Waals surface area (Å²) in [6, 6.07) is 3.69. The third-order valence-electron chi connectivity index (χ3n) is 4.12. The highest BCUT2D eigenvalue weighted by Gasteiger charge is 2.49. The molecule has 0 bridgehead atoms. The third-order valence-corrected chi connectivity index (χ3v) is 4.12. The highest BCUT2D eigenvalue weighted by atomic mass is 19.1. The van der Waals surface area contributed by atoms with Gasteiger partial charge in [0.1, 0.15) is 11.6 Å². The molecule has 0 saturated carbocycles. The molecule has 1 atom stereocenters. The van der Waals surface area contributed by atoms with Gasteiger partial charge in [0.15, 0.2) is 0 Å². The lowest BCUT2D eigenvalue weighted by atomic mass is 9.64. The van der Waals surface area contributed by atoms with Crippen LogP contribution in [-0.4, -0.2) is 26.8 Å². The van der Waals surface area contributed by atoms with Crippen molar-refractivity contribution in [2.75, 3.05) is 26.8 Å². The molecule has 1 aliphatic heterocycles. The molecule has 1 fully saturated rings. The normalized spacial score (nSPS) is 19.3. The van der Waals surface area contributed by atoms with Crippen LogP contribution >= 0.6 is 0 Å². The standard InChI is InChI=1S/C15H21F2NO/c1-10(2)13(7-18-3)15(8-19-9-15)12-6-11(16)4-5-14(12)17/h4-6,10,13,18H,7-9H2,1-3H3. The van der Waals surface area contributed by atoms with E-state index in [4.69, 9.17) is 4.74 Å². The molecule has 1 aromatic carbocycles. The Balaban J connectivity index is 2.43. The zero-order valence-corrected chi connectivity index (χ0v) is 11.7. The van der Waals surface area contributed by atoms with Crippen LogP contribution in [0.15, 0.2) is 18.2 Å². The summed E-state index contributed by atoms with van der Waals surface area (Å²) >= 11 is 0. The summed E-state index contributed by atoms with van der Waals surface area (Å²) in [4.78, 5) is 0. The first-order valence-corrected chi connectivity index (χ1v) is 6.69. The van der Waals surface area contributed by atoms with Crippen molar-refractivity contribution in [3.63, 3.8) is 0 Å². The second-order valence-electron chi connectivity index (χ2n) is 5.68. The predicted molar refractivity (Wildman–Crippen MR) is 71.1 cm³/mol. The fourth-order valence-corrected chi connectivity index (χ4v) is 3.06. The second-order valence-corrected chi connectivity index (χ2v) is 5.68. The maximum absolute atomic E-state index is 14.1. The van der Waals surface area contributed by atoms with Crippen LogP contribution in [0.25, 0.3) is 0 Å². The van der Waals surface area contributed by atoms with E-state index in [1.54, 1.807) is 0 Å². The lowest BCUT2D eigenvalue weighted by Gasteiger charge is -2.49. The maximum Gasteiger partial charge on any atom is 0.127 e. The first-order valence-electron chi connectivity index (χ1n) is 6.69. The van der Waals surface area contributed by atoms with Crippen LogP contribution < -0.4 is 5.32 Å². The summed E-state index contributed by atoms with van der Waals surface area (Å²) in [5, 5.41) is 3.16. The van der Waals surface area contributed by atoms with E-state index in [1.165, 1.54) is 12.1 Å². The van der Waals surface area contributed by atoms with Crippen molar-refractivity contribution >= 4 is 0 Å². The predicted octanol–water partition coefficient (Wildman–Crippen LogP) is 2.72. The molecule has 2 rings (SSSR count). The summed E-state index contributed by atoms with van der Waals surface area (Å²) in [5.41, 5.74) is 0.0382. The number of benzene rings is 1. The van der Waals surface area contributed by atoms with Gasteiger partial charge in [0.05, 0.1) is 13.2 Å². The smallest absolute Gasteiger partial charge is 0.127 e. The molecular weight excluding hydrogens is 248 g/mol. The van der Waals surface area contributed by atoms with Crippen LogP contribution in [0.4, 0.5) is 8.78 Å². The van der Waals surface area contributed by atoms with E-state index in [0.717, 1.165) is 12.6 Å². The van der Waals surface area contributed by atoms with Gasteiger partial charge in [-0.05, 0) is 43.6 Å². The molecule has 0 spiro atoms. The average molecular weight is 269 g/mol. The molecule has 1 aliphatic rings. The SMILES string of the molecule is CNCC(C(C)C)C1(c2cc(F)ccc2F)COC1. The maximum atomic E-state index is 14.1. The van der Waals surface area contributed by atoms with Crippen LogP contribution in [-0.2, 0) is 10.2 Å². The Morgan fingerprint density at radius 1 is 1.32 bits per heavy atom. The summed E-state index contributed by atoms with van der Waals surface area (Å²) < 4.78 is 32.9. The summed E-state index contributed by atoms with van der Waals surface area (Å²) in [5.74, 6) is -0.164. The minimum Gasteiger partial charge on any atom is -0.379 e. The van der Waals surface area contributed by atoms with Gasteiger partial charge in [0.25, 0.3) is 0 Å². The molecule has 1 saturated heterocycles. The van der Waals surface area contributed by atoms with Gasteiger partial charge in [-0.3, -0.25) is 0 Å². The van der Waals surface area contributed by atoms with Crippen LogP contribution in [0.5, 0.6) is 0 Å². The Bertz CT molecular complexity index is 444. The Hall–Kier alpha value is -1.00. The summed E-state index contributed by atoms with van der Waals surface area (Å²) in [6.07, 6.45) is 0. The van der Waals surface area contributed by atoms with Gasteiger partial charge in [0, 0.05) is 11.0 Å². The molecule has 0 amide bonds. The van der Waals surface area contributed by atoms with Gasteiger partial charge in [-0.2, -0.15) is 0 Å². The number of hydrogen-bond acceptors (Lipinski definition) is 2. The quantitative estimate of drug-likeness (QED) is 0.887. The molecule has 1 aromatic rings. The van der Waals surface area contributed by atoms with E-state index in [1.807, 2.05) is 7.05 Å². The fraction of sp³-hybridized carbons (Fsp3) is 0.600. The van der Waals surface area contributed by atoms with Gasteiger partial charge in [-0.25, -0.2) is 8.78 Å². The number of rotatable bonds is 5. The minimum absolute atomic E-state index is 0.211. The highest BCUT2D eigenvalue weighted by molar-refractivity contribution is 5.32. The molecular formula is C15H21F2NO. The van der Waals surface area contributed by atoms with Gasteiger partial charge in [-0.1, -0.05) is 13.8 Å². The van der Waals surface area contributed by atoms with Crippen LogP contribution in [0.3, 0.4) is 0 Å². The Kier molecular flexibility index (Phi) is 4.21. The largest absolute Gasteiger partial charge is 0.379 e. The zero-order valence-electron chi connectivity index (χ0n) is 11.7. The van der Waals surface area contributed by atoms with E-state index < -0.39 is 11.2 Å². The minimum atomic E-state index is -0.413. The van der Waals surface area contributed by atoms with Gasteiger partial charge >= 0.3 is 0 Å². The van der Waals surface area contributed by atoms with Gasteiger partial charge in [-0.15, -0.1) is 0 Å². The van der Waals surface area contributed by atoms with Crippen molar-refractivity contribution in [3.8, 4) is 0 Å². The van der Waals surface area contributed by atoms with E-state index in [2.05, 4.69) is 19.2 Å². The van der Waals surface area contributed by atoms with Crippen molar-refractivity contribution in [1.82, 2.24) is 5.32 Å². The molecule has 0 aromatic heterocycles. The average Bonchev–Trinajstić information content (AvgIpc) is 2.31. The molecule has 2 nitrogen and oxygen atoms in total. The Morgan fingerprint density at radius 2 is 2.00 bits per heavy atom. The monoisotopic (exact) mass is 269 g/mol. The van der Waals surface area contributed by atoms with Gasteiger partial charge in [0.2, 0.25) is 0 Å². The first-order chi connectivity index (χ1) is 9.01. The van der Waals surface area contributed by atoms with E-state index in [-0.39, 0.29) is 11.7 Å². The number of nitrogens with one attached hydrogen (secondary N) is 1. The third kappa shape index (κ3) is 2.51. The second kappa shape index (κ2) is 5.55. The molecule has 19 heavy (non-hydrogen) atoms. The van der Waals surface area contributed by atoms with E-state index >= 15 is 0 Å². The van der Waals surface area contributed by atoms with Crippen molar-refractivity contribution < 1.29 is 13.5 Å².